The van der Waals surface area contributed by atoms with Crippen molar-refractivity contribution in [1.29, 1.82) is 0 Å². The van der Waals surface area contributed by atoms with Crippen molar-refractivity contribution in [2.75, 3.05) is 18.8 Å². The van der Waals surface area contributed by atoms with E-state index in [1.807, 2.05) is 0 Å². The van der Waals surface area contributed by atoms with Crippen LogP contribution in [0.5, 0.6) is 0 Å². The molecule has 134 valence electrons. The number of aromatic amines is 2. The van der Waals surface area contributed by atoms with E-state index < -0.39 is 14.6 Å². The standard InChI is InChI=1S/C17H21N3O4S/c21-15(12-4-5-13-14(10-12)19-16(22)18-13)20-8-9-25(23,24)17(11-20)6-2-1-3-7-17/h4-5,10H,1-3,6-9,11H2,(H2,18,19,22). The molecule has 2 aromatic rings. The van der Waals surface area contributed by atoms with Gasteiger partial charge in [0.1, 0.15) is 0 Å². The molecule has 1 saturated carbocycles. The van der Waals surface area contributed by atoms with Crippen molar-refractivity contribution < 1.29 is 13.2 Å². The van der Waals surface area contributed by atoms with E-state index in [1.165, 1.54) is 0 Å². The van der Waals surface area contributed by atoms with E-state index in [-0.39, 0.29) is 30.4 Å². The van der Waals surface area contributed by atoms with Crippen LogP contribution >= 0.6 is 0 Å². The van der Waals surface area contributed by atoms with E-state index in [4.69, 9.17) is 0 Å². The second-order valence-corrected chi connectivity index (χ2v) is 9.63. The highest BCUT2D eigenvalue weighted by molar-refractivity contribution is 7.92. The Morgan fingerprint density at radius 1 is 1.08 bits per heavy atom. The molecule has 1 amide bonds. The Labute approximate surface area is 145 Å². The molecule has 1 aliphatic carbocycles. The highest BCUT2D eigenvalue weighted by atomic mass is 32.2. The zero-order valence-corrected chi connectivity index (χ0v) is 14.7. The summed E-state index contributed by atoms with van der Waals surface area (Å²) in [5, 5.41) is 0. The first-order valence-corrected chi connectivity index (χ1v) is 10.3. The summed E-state index contributed by atoms with van der Waals surface area (Å²) in [7, 11) is -3.17. The fourth-order valence-corrected chi connectivity index (χ4v) is 6.32. The first-order valence-electron chi connectivity index (χ1n) is 8.64. The minimum Gasteiger partial charge on any atom is -0.336 e. The Balaban J connectivity index is 1.64. The van der Waals surface area contributed by atoms with Crippen LogP contribution < -0.4 is 5.69 Å². The van der Waals surface area contributed by atoms with E-state index >= 15 is 0 Å². The minimum atomic E-state index is -3.17. The third kappa shape index (κ3) is 2.68. The number of fused-ring (bicyclic) bond motifs is 1. The van der Waals surface area contributed by atoms with Crippen molar-refractivity contribution in [2.45, 2.75) is 36.9 Å². The molecular formula is C17H21N3O4S. The number of H-pyrrole nitrogens is 2. The van der Waals surface area contributed by atoms with Gasteiger partial charge in [-0.3, -0.25) is 4.79 Å². The Morgan fingerprint density at radius 3 is 2.56 bits per heavy atom. The molecule has 2 aliphatic rings. The summed E-state index contributed by atoms with van der Waals surface area (Å²) in [6, 6.07) is 5.01. The van der Waals surface area contributed by atoms with Gasteiger partial charge in [0.15, 0.2) is 9.84 Å². The Bertz CT molecular complexity index is 983. The van der Waals surface area contributed by atoms with Gasteiger partial charge in [-0.05, 0) is 31.0 Å². The molecule has 2 N–H and O–H groups in total. The molecule has 8 heteroatoms. The molecular weight excluding hydrogens is 342 g/mol. The summed E-state index contributed by atoms with van der Waals surface area (Å²) in [5.74, 6) is -0.147. The predicted molar refractivity (Wildman–Crippen MR) is 94.4 cm³/mol. The summed E-state index contributed by atoms with van der Waals surface area (Å²) < 4.78 is 24.5. The summed E-state index contributed by atoms with van der Waals surface area (Å²) >= 11 is 0. The SMILES string of the molecule is O=C(c1ccc2[nH]c(=O)[nH]c2c1)N1CCS(=O)(=O)C2(CCCCC2)C1. The van der Waals surface area contributed by atoms with Gasteiger partial charge in [-0.2, -0.15) is 0 Å². The first kappa shape index (κ1) is 16.4. The van der Waals surface area contributed by atoms with Crippen LogP contribution in [-0.4, -0.2) is 52.8 Å². The maximum atomic E-state index is 12.9. The average Bonchev–Trinajstić information content (AvgIpc) is 2.97. The Morgan fingerprint density at radius 2 is 1.80 bits per heavy atom. The van der Waals surface area contributed by atoms with E-state index in [1.54, 1.807) is 23.1 Å². The van der Waals surface area contributed by atoms with E-state index in [9.17, 15) is 18.0 Å². The van der Waals surface area contributed by atoms with Gasteiger partial charge in [0.2, 0.25) is 0 Å². The number of rotatable bonds is 1. The zero-order valence-electron chi connectivity index (χ0n) is 13.9. The molecule has 7 nitrogen and oxygen atoms in total. The summed E-state index contributed by atoms with van der Waals surface area (Å²) in [6.45, 7) is 0.500. The van der Waals surface area contributed by atoms with Crippen LogP contribution in [0.2, 0.25) is 0 Å². The number of hydrogen-bond acceptors (Lipinski definition) is 4. The van der Waals surface area contributed by atoms with E-state index in [2.05, 4.69) is 9.97 Å². The van der Waals surface area contributed by atoms with Crippen molar-refractivity contribution in [3.8, 4) is 0 Å². The minimum absolute atomic E-state index is 0.0297. The predicted octanol–water partition coefficient (Wildman–Crippen LogP) is 1.43. The number of sulfone groups is 1. The highest BCUT2D eigenvalue weighted by Gasteiger charge is 2.49. The summed E-state index contributed by atoms with van der Waals surface area (Å²) in [5.41, 5.74) is 1.37. The first-order chi connectivity index (χ1) is 11.9. The summed E-state index contributed by atoms with van der Waals surface area (Å²) in [6.07, 6.45) is 4.14. The molecule has 0 unspecified atom stereocenters. The maximum absolute atomic E-state index is 12.9. The third-order valence-electron chi connectivity index (χ3n) is 5.58. The van der Waals surface area contributed by atoms with Gasteiger partial charge in [-0.25, -0.2) is 13.2 Å². The van der Waals surface area contributed by atoms with E-state index in [0.29, 0.717) is 29.4 Å². The molecule has 4 rings (SSSR count). The molecule has 2 heterocycles. The zero-order chi connectivity index (χ0) is 17.7. The van der Waals surface area contributed by atoms with Crippen molar-refractivity contribution in [3.63, 3.8) is 0 Å². The van der Waals surface area contributed by atoms with Gasteiger partial charge in [-0.1, -0.05) is 19.3 Å². The number of carbonyl (C=O) groups excluding carboxylic acids is 1. The van der Waals surface area contributed by atoms with Crippen LogP contribution in [0.15, 0.2) is 23.0 Å². The molecule has 1 aliphatic heterocycles. The lowest BCUT2D eigenvalue weighted by Crippen LogP contribution is -2.58. The molecule has 1 aromatic carbocycles. The lowest BCUT2D eigenvalue weighted by Gasteiger charge is -2.44. The second-order valence-electron chi connectivity index (χ2n) is 7.13. The van der Waals surface area contributed by atoms with Gasteiger partial charge in [0.05, 0.1) is 21.5 Å². The van der Waals surface area contributed by atoms with E-state index in [0.717, 1.165) is 19.3 Å². The molecule has 2 fully saturated rings. The van der Waals surface area contributed by atoms with Gasteiger partial charge < -0.3 is 14.9 Å². The highest BCUT2D eigenvalue weighted by Crippen LogP contribution is 2.39. The Kier molecular flexibility index (Phi) is 3.75. The molecule has 1 saturated heterocycles. The van der Waals surface area contributed by atoms with Crippen LogP contribution in [-0.2, 0) is 9.84 Å². The number of amides is 1. The quantitative estimate of drug-likeness (QED) is 0.800. The number of nitrogens with one attached hydrogen (secondary N) is 2. The lowest BCUT2D eigenvalue weighted by atomic mass is 9.87. The molecule has 1 aromatic heterocycles. The lowest BCUT2D eigenvalue weighted by molar-refractivity contribution is 0.0723. The van der Waals surface area contributed by atoms with Crippen LogP contribution in [0.1, 0.15) is 42.5 Å². The average molecular weight is 363 g/mol. The number of imidazole rings is 1. The monoisotopic (exact) mass is 363 g/mol. The fraction of sp³-hybridized carbons (Fsp3) is 0.529. The van der Waals surface area contributed by atoms with Crippen molar-refractivity contribution in [1.82, 2.24) is 14.9 Å². The molecule has 1 spiro atoms. The van der Waals surface area contributed by atoms with Crippen molar-refractivity contribution in [2.24, 2.45) is 0 Å². The second kappa shape index (κ2) is 5.72. The van der Waals surface area contributed by atoms with Gasteiger partial charge in [-0.15, -0.1) is 0 Å². The number of carbonyl (C=O) groups is 1. The van der Waals surface area contributed by atoms with Crippen molar-refractivity contribution >= 4 is 26.8 Å². The number of benzene rings is 1. The van der Waals surface area contributed by atoms with Gasteiger partial charge in [0, 0.05) is 18.7 Å². The normalized spacial score (nSPS) is 22.3. The number of nitrogens with zero attached hydrogens (tertiary/aromatic N) is 1. The molecule has 25 heavy (non-hydrogen) atoms. The Hall–Kier alpha value is -2.09. The maximum Gasteiger partial charge on any atom is 0.323 e. The van der Waals surface area contributed by atoms with Gasteiger partial charge >= 0.3 is 5.69 Å². The summed E-state index contributed by atoms with van der Waals surface area (Å²) in [4.78, 5) is 31.2. The van der Waals surface area contributed by atoms with Gasteiger partial charge in [0.25, 0.3) is 5.91 Å². The fourth-order valence-electron chi connectivity index (χ4n) is 4.16. The number of aromatic nitrogens is 2. The molecule has 0 radical (unpaired) electrons. The number of hydrogen-bond donors (Lipinski definition) is 2. The van der Waals surface area contributed by atoms with Crippen LogP contribution in [0.3, 0.4) is 0 Å². The van der Waals surface area contributed by atoms with Crippen LogP contribution in [0.25, 0.3) is 11.0 Å². The van der Waals surface area contributed by atoms with Crippen LogP contribution in [0, 0.1) is 0 Å². The van der Waals surface area contributed by atoms with Crippen LogP contribution in [0.4, 0.5) is 0 Å². The topological polar surface area (TPSA) is 103 Å². The third-order valence-corrected chi connectivity index (χ3v) is 8.16. The van der Waals surface area contributed by atoms with Crippen molar-refractivity contribution in [3.05, 3.63) is 34.2 Å². The smallest absolute Gasteiger partial charge is 0.323 e. The molecule has 0 bridgehead atoms. The molecule has 0 atom stereocenters. The largest absolute Gasteiger partial charge is 0.336 e.